The van der Waals surface area contributed by atoms with Crippen LogP contribution in [0.1, 0.15) is 22.8 Å². The third kappa shape index (κ3) is 4.73. The number of imidazole rings is 1. The molecule has 1 aromatic heterocycles. The van der Waals surface area contributed by atoms with Gasteiger partial charge >= 0.3 is 5.97 Å². The fourth-order valence-electron chi connectivity index (χ4n) is 2.80. The maximum atomic E-state index is 13.5. The third-order valence-corrected chi connectivity index (χ3v) is 5.20. The number of halogens is 3. The van der Waals surface area contributed by atoms with Crippen LogP contribution < -0.4 is 0 Å². The van der Waals surface area contributed by atoms with E-state index in [4.69, 9.17) is 9.47 Å². The fraction of sp³-hybridized carbons (Fsp3) is 0.300. The van der Waals surface area contributed by atoms with Crippen molar-refractivity contribution < 1.29 is 27.4 Å². The van der Waals surface area contributed by atoms with Crippen LogP contribution in [0.3, 0.4) is 0 Å². The second-order valence-electron chi connectivity index (χ2n) is 6.12. The Morgan fingerprint density at radius 3 is 2.55 bits per heavy atom. The summed E-state index contributed by atoms with van der Waals surface area (Å²) < 4.78 is 52.1. The van der Waals surface area contributed by atoms with E-state index in [9.17, 15) is 18.0 Å². The van der Waals surface area contributed by atoms with E-state index in [0.29, 0.717) is 35.0 Å². The van der Waals surface area contributed by atoms with E-state index in [1.54, 1.807) is 32.2 Å². The van der Waals surface area contributed by atoms with Gasteiger partial charge in [0.1, 0.15) is 0 Å². The lowest BCUT2D eigenvalue weighted by molar-refractivity contribution is 0.0526. The average Bonchev–Trinajstić information content (AvgIpc) is 3.05. The lowest BCUT2D eigenvalue weighted by atomic mass is 10.2. The highest BCUT2D eigenvalue weighted by Crippen LogP contribution is 2.28. The van der Waals surface area contributed by atoms with Gasteiger partial charge < -0.3 is 14.0 Å². The monoisotopic (exact) mass is 424 g/mol. The van der Waals surface area contributed by atoms with Crippen molar-refractivity contribution in [2.75, 3.05) is 20.3 Å². The lowest BCUT2D eigenvalue weighted by Gasteiger charge is -2.09. The molecule has 0 amide bonds. The largest absolute Gasteiger partial charge is 0.462 e. The first kappa shape index (κ1) is 21.2. The summed E-state index contributed by atoms with van der Waals surface area (Å²) in [5, 5.41) is 0.586. The minimum atomic E-state index is -1.49. The Morgan fingerprint density at radius 1 is 1.17 bits per heavy atom. The first-order valence-electron chi connectivity index (χ1n) is 8.87. The van der Waals surface area contributed by atoms with Gasteiger partial charge in [0.05, 0.1) is 29.8 Å². The van der Waals surface area contributed by atoms with E-state index in [0.717, 1.165) is 17.6 Å². The summed E-state index contributed by atoms with van der Waals surface area (Å²) in [6.07, 6.45) is 0. The maximum absolute atomic E-state index is 13.5. The van der Waals surface area contributed by atoms with Crippen molar-refractivity contribution in [1.82, 2.24) is 9.55 Å². The van der Waals surface area contributed by atoms with Crippen molar-refractivity contribution in [2.24, 2.45) is 0 Å². The number of hydrogen-bond acceptors (Lipinski definition) is 5. The molecule has 0 atom stereocenters. The summed E-state index contributed by atoms with van der Waals surface area (Å²) in [5.41, 5.74) is 2.05. The molecule has 154 valence electrons. The predicted molar refractivity (Wildman–Crippen MR) is 103 cm³/mol. The Bertz CT molecular complexity index is 1020. The summed E-state index contributed by atoms with van der Waals surface area (Å²) in [7, 11) is 1.58. The van der Waals surface area contributed by atoms with Crippen LogP contribution in [0.15, 0.2) is 35.5 Å². The molecule has 0 N–H and O–H groups in total. The molecule has 5 nitrogen and oxygen atoms in total. The van der Waals surface area contributed by atoms with Crippen LogP contribution >= 0.6 is 11.8 Å². The van der Waals surface area contributed by atoms with Crippen molar-refractivity contribution in [3.05, 3.63) is 58.9 Å². The Morgan fingerprint density at radius 2 is 1.90 bits per heavy atom. The molecular formula is C20H19F3N2O3S. The number of aromatic nitrogens is 2. The van der Waals surface area contributed by atoms with E-state index >= 15 is 0 Å². The van der Waals surface area contributed by atoms with Crippen LogP contribution in [0, 0.1) is 17.5 Å². The average molecular weight is 424 g/mol. The molecule has 1 heterocycles. The molecule has 29 heavy (non-hydrogen) atoms. The van der Waals surface area contributed by atoms with Gasteiger partial charge in [-0.1, -0.05) is 11.8 Å². The van der Waals surface area contributed by atoms with Gasteiger partial charge in [-0.3, -0.25) is 0 Å². The first-order chi connectivity index (χ1) is 13.9. The summed E-state index contributed by atoms with van der Waals surface area (Å²) in [4.78, 5) is 16.5. The van der Waals surface area contributed by atoms with E-state index in [-0.39, 0.29) is 12.4 Å². The zero-order valence-electron chi connectivity index (χ0n) is 15.9. The topological polar surface area (TPSA) is 53.3 Å². The molecule has 0 aliphatic heterocycles. The molecule has 0 spiro atoms. The van der Waals surface area contributed by atoms with Crippen molar-refractivity contribution in [3.8, 4) is 0 Å². The van der Waals surface area contributed by atoms with Gasteiger partial charge in [0, 0.05) is 19.4 Å². The van der Waals surface area contributed by atoms with Crippen LogP contribution in [0.2, 0.25) is 0 Å². The number of esters is 1. The van der Waals surface area contributed by atoms with Crippen molar-refractivity contribution in [2.45, 2.75) is 24.4 Å². The van der Waals surface area contributed by atoms with Gasteiger partial charge in [-0.25, -0.2) is 22.9 Å². The standard InChI is InChI=1S/C20H19F3N2O3S/c1-3-28-19(26)13-4-5-17-16(10-13)24-20(25(17)6-7-27-2)29-11-12-8-14(21)18(23)15(22)9-12/h4-5,8-10H,3,6-7,11H2,1-2H3. The van der Waals surface area contributed by atoms with Gasteiger partial charge in [0.25, 0.3) is 0 Å². The zero-order valence-corrected chi connectivity index (χ0v) is 16.7. The number of fused-ring (bicyclic) bond motifs is 1. The quantitative estimate of drug-likeness (QED) is 0.301. The molecule has 3 rings (SSSR count). The Hall–Kier alpha value is -2.52. The number of rotatable bonds is 8. The van der Waals surface area contributed by atoms with Gasteiger partial charge in [0.2, 0.25) is 0 Å². The normalized spacial score (nSPS) is 11.2. The Labute approximate surface area is 169 Å². The van der Waals surface area contributed by atoms with E-state index < -0.39 is 23.4 Å². The summed E-state index contributed by atoms with van der Waals surface area (Å²) >= 11 is 1.25. The van der Waals surface area contributed by atoms with Crippen LogP contribution in [-0.2, 0) is 21.8 Å². The Balaban J connectivity index is 1.91. The minimum absolute atomic E-state index is 0.190. The molecule has 2 aromatic carbocycles. The summed E-state index contributed by atoms with van der Waals surface area (Å²) in [6.45, 7) is 2.93. The minimum Gasteiger partial charge on any atom is -0.462 e. The number of carbonyl (C=O) groups is 1. The number of hydrogen-bond donors (Lipinski definition) is 0. The highest BCUT2D eigenvalue weighted by atomic mass is 32.2. The molecule has 0 bridgehead atoms. The van der Waals surface area contributed by atoms with E-state index in [1.807, 2.05) is 4.57 Å². The highest BCUT2D eigenvalue weighted by molar-refractivity contribution is 7.98. The van der Waals surface area contributed by atoms with Crippen molar-refractivity contribution >= 4 is 28.8 Å². The van der Waals surface area contributed by atoms with Gasteiger partial charge in [0.15, 0.2) is 22.6 Å². The SMILES string of the molecule is CCOC(=O)c1ccc2c(c1)nc(SCc1cc(F)c(F)c(F)c1)n2CCOC. The molecular weight excluding hydrogens is 405 g/mol. The molecule has 0 aliphatic carbocycles. The molecule has 0 fully saturated rings. The van der Waals surface area contributed by atoms with Gasteiger partial charge in [-0.2, -0.15) is 0 Å². The van der Waals surface area contributed by atoms with Crippen molar-refractivity contribution in [3.63, 3.8) is 0 Å². The molecule has 0 aliphatic rings. The number of carbonyl (C=O) groups excluding carboxylic acids is 1. The van der Waals surface area contributed by atoms with Crippen LogP contribution in [0.5, 0.6) is 0 Å². The predicted octanol–water partition coefficient (Wildman–Crippen LogP) is 4.57. The molecule has 3 aromatic rings. The first-order valence-corrected chi connectivity index (χ1v) is 9.85. The second-order valence-corrected chi connectivity index (χ2v) is 7.07. The van der Waals surface area contributed by atoms with Crippen LogP contribution in [-0.4, -0.2) is 35.8 Å². The molecule has 9 heteroatoms. The molecule has 0 saturated heterocycles. The fourth-order valence-corrected chi connectivity index (χ4v) is 3.77. The number of benzene rings is 2. The van der Waals surface area contributed by atoms with E-state index in [2.05, 4.69) is 4.98 Å². The molecule has 0 radical (unpaired) electrons. The summed E-state index contributed by atoms with van der Waals surface area (Å²) in [6, 6.07) is 6.99. The van der Waals surface area contributed by atoms with Crippen LogP contribution in [0.4, 0.5) is 13.2 Å². The smallest absolute Gasteiger partial charge is 0.338 e. The van der Waals surface area contributed by atoms with E-state index in [1.165, 1.54) is 11.8 Å². The number of ether oxygens (including phenoxy) is 2. The van der Waals surface area contributed by atoms with Crippen LogP contribution in [0.25, 0.3) is 11.0 Å². The molecule has 0 unspecified atom stereocenters. The lowest BCUT2D eigenvalue weighted by Crippen LogP contribution is -2.06. The zero-order chi connectivity index (χ0) is 21.0. The number of methoxy groups -OCH3 is 1. The molecule has 0 saturated carbocycles. The second kappa shape index (κ2) is 9.32. The number of thioether (sulfide) groups is 1. The van der Waals surface area contributed by atoms with Gasteiger partial charge in [-0.15, -0.1) is 0 Å². The highest BCUT2D eigenvalue weighted by Gasteiger charge is 2.16. The third-order valence-electron chi connectivity index (χ3n) is 4.15. The van der Waals surface area contributed by atoms with Gasteiger partial charge in [-0.05, 0) is 42.8 Å². The van der Waals surface area contributed by atoms with Crippen molar-refractivity contribution in [1.29, 1.82) is 0 Å². The number of nitrogens with zero attached hydrogens (tertiary/aromatic N) is 2. The maximum Gasteiger partial charge on any atom is 0.338 e. The Kier molecular flexibility index (Phi) is 6.81. The summed E-state index contributed by atoms with van der Waals surface area (Å²) in [5.74, 6) is -4.19.